The van der Waals surface area contributed by atoms with E-state index in [2.05, 4.69) is 28.7 Å². The number of benzene rings is 2. The van der Waals surface area contributed by atoms with Crippen molar-refractivity contribution in [1.29, 1.82) is 5.26 Å². The Morgan fingerprint density at radius 2 is 2.10 bits per heavy atom. The average molecular weight is 320 g/mol. The Bertz CT molecular complexity index is 752. The summed E-state index contributed by atoms with van der Waals surface area (Å²) in [5, 5.41) is 15.7. The maximum atomic E-state index is 9.18. The fourth-order valence-corrected chi connectivity index (χ4v) is 3.46. The number of anilines is 1. The van der Waals surface area contributed by atoms with Crippen molar-refractivity contribution in [1.82, 2.24) is 4.72 Å². The second-order valence-corrected chi connectivity index (χ2v) is 6.02. The molecule has 1 aliphatic rings. The number of hydrogen-bond acceptors (Lipinski definition) is 5. The van der Waals surface area contributed by atoms with Crippen molar-refractivity contribution in [3.05, 3.63) is 52.0 Å². The molecule has 0 saturated heterocycles. The third kappa shape index (κ3) is 2.36. The highest BCUT2D eigenvalue weighted by molar-refractivity contribution is 8.02. The maximum absolute atomic E-state index is 9.18. The lowest BCUT2D eigenvalue weighted by molar-refractivity contribution is 1.04. The van der Waals surface area contributed by atoms with Crippen LogP contribution in [-0.4, -0.2) is 5.37 Å². The highest BCUT2D eigenvalue weighted by atomic mass is 35.5. The topological polar surface area (TPSA) is 47.9 Å². The minimum Gasteiger partial charge on any atom is -0.347 e. The van der Waals surface area contributed by atoms with Gasteiger partial charge < -0.3 is 5.32 Å². The van der Waals surface area contributed by atoms with E-state index >= 15 is 0 Å². The van der Waals surface area contributed by atoms with Crippen molar-refractivity contribution in [3.8, 4) is 6.07 Å². The van der Waals surface area contributed by atoms with Gasteiger partial charge >= 0.3 is 0 Å². The zero-order valence-electron chi connectivity index (χ0n) is 10.2. The van der Waals surface area contributed by atoms with Crippen LogP contribution in [0.15, 0.2) is 47.0 Å². The van der Waals surface area contributed by atoms with Crippen molar-refractivity contribution in [2.24, 2.45) is 0 Å². The molecule has 2 aromatic carbocycles. The van der Waals surface area contributed by atoms with Crippen LogP contribution in [0.3, 0.4) is 0 Å². The van der Waals surface area contributed by atoms with Crippen LogP contribution in [0.5, 0.6) is 0 Å². The first-order chi connectivity index (χ1) is 9.70. The molecule has 2 N–H and O–H groups in total. The molecule has 6 heteroatoms. The first kappa shape index (κ1) is 13.7. The van der Waals surface area contributed by atoms with E-state index in [9.17, 15) is 5.26 Å². The molecule has 1 atom stereocenters. The largest absolute Gasteiger partial charge is 0.347 e. The summed E-state index contributed by atoms with van der Waals surface area (Å²) in [5.74, 6) is 0. The van der Waals surface area contributed by atoms with Gasteiger partial charge in [-0.05, 0) is 23.4 Å². The van der Waals surface area contributed by atoms with E-state index in [1.165, 1.54) is 11.9 Å². The molecule has 0 radical (unpaired) electrons. The first-order valence-corrected chi connectivity index (χ1v) is 7.61. The molecule has 1 unspecified atom stereocenters. The number of thiol groups is 1. The molecule has 100 valence electrons. The third-order valence-corrected chi connectivity index (χ3v) is 4.78. The van der Waals surface area contributed by atoms with Gasteiger partial charge in [0.05, 0.1) is 21.7 Å². The lowest BCUT2D eigenvalue weighted by Crippen LogP contribution is -2.11. The highest BCUT2D eigenvalue weighted by Gasteiger charge is 2.24. The van der Waals surface area contributed by atoms with Crippen LogP contribution in [0.25, 0.3) is 10.8 Å². The van der Waals surface area contributed by atoms with Crippen LogP contribution >= 0.6 is 36.2 Å². The minimum atomic E-state index is -0.263. The van der Waals surface area contributed by atoms with E-state index in [0.29, 0.717) is 10.6 Å². The molecular formula is C14H10ClN3S2. The standard InChI is InChI=1S/C14H10ClN3S2/c15-11-6-5-8-3-1-2-4-9(8)12(11)17-14-10(7-16)13(19)18-20-14/h1-6,13,17-19H. The van der Waals surface area contributed by atoms with Gasteiger partial charge in [-0.15, -0.1) is 0 Å². The van der Waals surface area contributed by atoms with Gasteiger partial charge in [0, 0.05) is 5.39 Å². The second-order valence-electron chi connectivity index (χ2n) is 4.25. The summed E-state index contributed by atoms with van der Waals surface area (Å²) in [6.45, 7) is 0. The van der Waals surface area contributed by atoms with Crippen LogP contribution in [0.4, 0.5) is 5.69 Å². The highest BCUT2D eigenvalue weighted by Crippen LogP contribution is 2.36. The average Bonchev–Trinajstić information content (AvgIpc) is 2.82. The summed E-state index contributed by atoms with van der Waals surface area (Å²) in [6.07, 6.45) is 0. The number of nitrogens with zero attached hydrogens (tertiary/aromatic N) is 1. The second kappa shape index (κ2) is 5.58. The Labute approximate surface area is 131 Å². The third-order valence-electron chi connectivity index (χ3n) is 3.03. The van der Waals surface area contributed by atoms with E-state index in [-0.39, 0.29) is 5.37 Å². The summed E-state index contributed by atoms with van der Waals surface area (Å²) in [6, 6.07) is 14.0. The smallest absolute Gasteiger partial charge is 0.104 e. The van der Waals surface area contributed by atoms with Gasteiger partial charge in [0.15, 0.2) is 0 Å². The summed E-state index contributed by atoms with van der Waals surface area (Å²) in [7, 11) is 0. The lowest BCUT2D eigenvalue weighted by Gasteiger charge is -2.12. The van der Waals surface area contributed by atoms with Gasteiger partial charge in [0.2, 0.25) is 0 Å². The van der Waals surface area contributed by atoms with E-state index < -0.39 is 0 Å². The van der Waals surface area contributed by atoms with Crippen LogP contribution in [0.2, 0.25) is 5.02 Å². The van der Waals surface area contributed by atoms with Crippen molar-refractivity contribution in [2.75, 3.05) is 5.32 Å². The molecule has 0 spiro atoms. The van der Waals surface area contributed by atoms with Crippen molar-refractivity contribution in [3.63, 3.8) is 0 Å². The molecule has 0 amide bonds. The van der Waals surface area contributed by atoms with Crippen LogP contribution in [0, 0.1) is 11.3 Å². The molecule has 20 heavy (non-hydrogen) atoms. The lowest BCUT2D eigenvalue weighted by atomic mass is 10.1. The summed E-state index contributed by atoms with van der Waals surface area (Å²) >= 11 is 12.0. The monoisotopic (exact) mass is 319 g/mol. The number of rotatable bonds is 2. The number of nitrogens with one attached hydrogen (secondary N) is 2. The molecule has 0 bridgehead atoms. The first-order valence-electron chi connectivity index (χ1n) is 5.89. The summed E-state index contributed by atoms with van der Waals surface area (Å²) < 4.78 is 3.04. The SMILES string of the molecule is N#CC1=C(Nc2c(Cl)ccc3ccccc23)SNC1S. The van der Waals surface area contributed by atoms with Gasteiger partial charge in [0.1, 0.15) is 11.1 Å². The molecule has 3 nitrogen and oxygen atoms in total. The van der Waals surface area contributed by atoms with Gasteiger partial charge in [-0.25, -0.2) is 4.72 Å². The molecule has 1 heterocycles. The van der Waals surface area contributed by atoms with Crippen molar-refractivity contribution >= 4 is 52.6 Å². The molecule has 0 saturated carbocycles. The van der Waals surface area contributed by atoms with Gasteiger partial charge in [-0.1, -0.05) is 41.9 Å². The zero-order chi connectivity index (χ0) is 14.1. The molecule has 3 rings (SSSR count). The van der Waals surface area contributed by atoms with Crippen molar-refractivity contribution < 1.29 is 0 Å². The number of fused-ring (bicyclic) bond motifs is 1. The van der Waals surface area contributed by atoms with E-state index in [0.717, 1.165) is 21.5 Å². The Balaban J connectivity index is 2.10. The summed E-state index contributed by atoms with van der Waals surface area (Å²) in [5.41, 5.74) is 1.38. The van der Waals surface area contributed by atoms with Crippen molar-refractivity contribution in [2.45, 2.75) is 5.37 Å². The fourth-order valence-electron chi connectivity index (χ4n) is 2.04. The number of halogens is 1. The molecule has 2 aromatic rings. The zero-order valence-corrected chi connectivity index (χ0v) is 12.7. The van der Waals surface area contributed by atoms with Gasteiger partial charge in [0.25, 0.3) is 0 Å². The Kier molecular flexibility index (Phi) is 3.81. The molecule has 0 fully saturated rings. The normalized spacial score (nSPS) is 18.4. The number of nitriles is 1. The van der Waals surface area contributed by atoms with Crippen LogP contribution in [-0.2, 0) is 0 Å². The van der Waals surface area contributed by atoms with E-state index in [1.807, 2.05) is 36.4 Å². The van der Waals surface area contributed by atoms with Crippen LogP contribution in [0.1, 0.15) is 0 Å². The Morgan fingerprint density at radius 1 is 1.30 bits per heavy atom. The molecule has 1 aliphatic heterocycles. The van der Waals surface area contributed by atoms with Crippen LogP contribution < -0.4 is 10.0 Å². The van der Waals surface area contributed by atoms with E-state index in [1.54, 1.807) is 0 Å². The number of hydrogen-bond donors (Lipinski definition) is 3. The fraction of sp³-hybridized carbons (Fsp3) is 0.0714. The predicted molar refractivity (Wildman–Crippen MR) is 88.7 cm³/mol. The quantitative estimate of drug-likeness (QED) is 0.575. The molecule has 0 aliphatic carbocycles. The maximum Gasteiger partial charge on any atom is 0.104 e. The van der Waals surface area contributed by atoms with Gasteiger partial charge in [-0.2, -0.15) is 17.9 Å². The Hall–Kier alpha value is -1.32. The molecular weight excluding hydrogens is 310 g/mol. The Morgan fingerprint density at radius 3 is 2.90 bits per heavy atom. The minimum absolute atomic E-state index is 0.263. The molecule has 0 aromatic heterocycles. The van der Waals surface area contributed by atoms with E-state index in [4.69, 9.17) is 11.6 Å². The predicted octanol–water partition coefficient (Wildman–Crippen LogP) is 4.15. The van der Waals surface area contributed by atoms with Gasteiger partial charge in [-0.3, -0.25) is 0 Å². The summed E-state index contributed by atoms with van der Waals surface area (Å²) in [4.78, 5) is 0.